The first kappa shape index (κ1) is 20.6. The largest absolute Gasteiger partial charge is 0.319 e. The minimum atomic E-state index is -0.293. The van der Waals surface area contributed by atoms with E-state index in [2.05, 4.69) is 20.5 Å². The zero-order chi connectivity index (χ0) is 22.0. The Labute approximate surface area is 182 Å². The number of carbonyl (C=O) groups is 1. The summed E-state index contributed by atoms with van der Waals surface area (Å²) in [6.07, 6.45) is 1.69. The molecule has 158 valence electrons. The molecule has 0 saturated heterocycles. The van der Waals surface area contributed by atoms with Gasteiger partial charge in [0.25, 0.3) is 5.56 Å². The van der Waals surface area contributed by atoms with E-state index in [0.29, 0.717) is 22.4 Å². The van der Waals surface area contributed by atoms with Crippen LogP contribution in [0.3, 0.4) is 0 Å². The summed E-state index contributed by atoms with van der Waals surface area (Å²) in [6.45, 7) is 1.80. The van der Waals surface area contributed by atoms with E-state index in [4.69, 9.17) is 0 Å². The first-order chi connectivity index (χ1) is 15.0. The molecule has 0 spiro atoms. The monoisotopic (exact) mass is 435 g/mol. The number of thioether (sulfide) groups is 1. The number of anilines is 1. The molecule has 1 N–H and O–H groups in total. The van der Waals surface area contributed by atoms with Gasteiger partial charge in [-0.1, -0.05) is 36.0 Å². The molecule has 0 aliphatic carbocycles. The van der Waals surface area contributed by atoms with Gasteiger partial charge in [0, 0.05) is 20.3 Å². The van der Waals surface area contributed by atoms with Crippen molar-refractivity contribution in [3.05, 3.63) is 70.8 Å². The molecule has 0 unspecified atom stereocenters. The van der Waals surface area contributed by atoms with Crippen LogP contribution in [0, 0.1) is 6.92 Å². The van der Waals surface area contributed by atoms with Gasteiger partial charge in [0.1, 0.15) is 11.4 Å². The van der Waals surface area contributed by atoms with Gasteiger partial charge in [-0.15, -0.1) is 10.2 Å². The van der Waals surface area contributed by atoms with Crippen LogP contribution < -0.4 is 10.9 Å². The first-order valence-electron chi connectivity index (χ1n) is 9.55. The highest BCUT2D eigenvalue weighted by molar-refractivity contribution is 7.99. The maximum atomic E-state index is 12.9. The number of amides is 1. The summed E-state index contributed by atoms with van der Waals surface area (Å²) in [4.78, 5) is 29.8. The van der Waals surface area contributed by atoms with Gasteiger partial charge in [0.2, 0.25) is 5.91 Å². The minimum absolute atomic E-state index is 0.0906. The van der Waals surface area contributed by atoms with Crippen molar-refractivity contribution in [2.24, 2.45) is 14.1 Å². The van der Waals surface area contributed by atoms with E-state index in [1.807, 2.05) is 55.6 Å². The van der Waals surface area contributed by atoms with Gasteiger partial charge in [-0.05, 0) is 31.2 Å². The average molecular weight is 436 g/mol. The minimum Gasteiger partial charge on any atom is -0.319 e. The number of nitrogens with one attached hydrogen (secondary N) is 1. The third-order valence-corrected chi connectivity index (χ3v) is 5.90. The number of aromatic nitrogens is 6. The van der Waals surface area contributed by atoms with Gasteiger partial charge < -0.3 is 9.88 Å². The van der Waals surface area contributed by atoms with Crippen molar-refractivity contribution in [2.45, 2.75) is 12.1 Å². The summed E-state index contributed by atoms with van der Waals surface area (Å²) < 4.78 is 5.04. The Kier molecular flexibility index (Phi) is 5.72. The van der Waals surface area contributed by atoms with Gasteiger partial charge >= 0.3 is 0 Å². The summed E-state index contributed by atoms with van der Waals surface area (Å²) in [5.74, 6) is 0.416. The zero-order valence-corrected chi connectivity index (χ0v) is 18.1. The molecule has 1 amide bonds. The number of pyridine rings is 1. The second-order valence-electron chi connectivity index (χ2n) is 6.85. The Hall–Kier alpha value is -3.66. The van der Waals surface area contributed by atoms with Crippen molar-refractivity contribution in [3.8, 4) is 17.2 Å². The molecule has 4 aromatic rings. The number of carbonyl (C=O) groups excluding carboxylic acids is 1. The second-order valence-corrected chi connectivity index (χ2v) is 7.80. The lowest BCUT2D eigenvalue weighted by Crippen LogP contribution is -2.23. The molecule has 3 aromatic heterocycles. The highest BCUT2D eigenvalue weighted by Gasteiger charge is 2.19. The van der Waals surface area contributed by atoms with Crippen LogP contribution in [0.1, 0.15) is 5.69 Å². The van der Waals surface area contributed by atoms with E-state index in [1.165, 1.54) is 16.4 Å². The molecule has 0 aliphatic rings. The van der Waals surface area contributed by atoms with Crippen LogP contribution >= 0.6 is 11.8 Å². The van der Waals surface area contributed by atoms with Crippen molar-refractivity contribution in [2.75, 3.05) is 11.1 Å². The van der Waals surface area contributed by atoms with Gasteiger partial charge in [0.15, 0.2) is 11.0 Å². The van der Waals surface area contributed by atoms with Crippen LogP contribution in [0.15, 0.2) is 64.7 Å². The van der Waals surface area contributed by atoms with Crippen molar-refractivity contribution >= 4 is 23.4 Å². The molecule has 0 fully saturated rings. The number of hydrogen-bond donors (Lipinski definition) is 1. The summed E-state index contributed by atoms with van der Waals surface area (Å²) >= 11 is 1.24. The predicted molar refractivity (Wildman–Crippen MR) is 119 cm³/mol. The Morgan fingerprint density at radius 2 is 1.81 bits per heavy atom. The number of rotatable bonds is 6. The lowest BCUT2D eigenvalue weighted by Gasteiger charge is -2.07. The summed E-state index contributed by atoms with van der Waals surface area (Å²) in [5.41, 5.74) is 2.09. The molecule has 0 bridgehead atoms. The van der Waals surface area contributed by atoms with Crippen molar-refractivity contribution in [3.63, 3.8) is 0 Å². The molecule has 3 heterocycles. The SMILES string of the molecule is Cc1c(NC(=O)CSc2nnc(-c3ccccn3)n2C)c(=O)n(-c2ccccc2)n1C. The fourth-order valence-electron chi connectivity index (χ4n) is 3.18. The van der Waals surface area contributed by atoms with Gasteiger partial charge in [0.05, 0.1) is 17.1 Å². The summed E-state index contributed by atoms with van der Waals surface area (Å²) in [6, 6.07) is 14.8. The first-order valence-corrected chi connectivity index (χ1v) is 10.5. The van der Waals surface area contributed by atoms with Crippen molar-refractivity contribution in [1.82, 2.24) is 29.1 Å². The molecule has 31 heavy (non-hydrogen) atoms. The van der Waals surface area contributed by atoms with Gasteiger partial charge in [-0.2, -0.15) is 0 Å². The summed E-state index contributed by atoms with van der Waals surface area (Å²) in [7, 11) is 3.61. The molecule has 0 aliphatic heterocycles. The van der Waals surface area contributed by atoms with Crippen LogP contribution in [0.4, 0.5) is 5.69 Å². The third-order valence-electron chi connectivity index (χ3n) is 4.88. The normalized spacial score (nSPS) is 10.9. The van der Waals surface area contributed by atoms with Crippen LogP contribution in [-0.4, -0.2) is 40.8 Å². The zero-order valence-electron chi connectivity index (χ0n) is 17.3. The lowest BCUT2D eigenvalue weighted by molar-refractivity contribution is -0.113. The lowest BCUT2D eigenvalue weighted by atomic mass is 10.3. The predicted octanol–water partition coefficient (Wildman–Crippen LogP) is 2.41. The molecular weight excluding hydrogens is 414 g/mol. The Bertz CT molecular complexity index is 1280. The molecule has 9 nitrogen and oxygen atoms in total. The van der Waals surface area contributed by atoms with E-state index in [1.54, 1.807) is 29.4 Å². The molecular formula is C21H21N7O2S. The molecule has 0 atom stereocenters. The van der Waals surface area contributed by atoms with E-state index in [-0.39, 0.29) is 22.9 Å². The van der Waals surface area contributed by atoms with Gasteiger partial charge in [-0.25, -0.2) is 4.68 Å². The molecule has 0 radical (unpaired) electrons. The topological polar surface area (TPSA) is 99.6 Å². The Morgan fingerprint density at radius 3 is 2.52 bits per heavy atom. The fraction of sp³-hybridized carbons (Fsp3) is 0.190. The number of para-hydroxylation sites is 1. The van der Waals surface area contributed by atoms with Crippen LogP contribution in [0.5, 0.6) is 0 Å². The van der Waals surface area contributed by atoms with E-state index >= 15 is 0 Å². The van der Waals surface area contributed by atoms with Crippen molar-refractivity contribution in [1.29, 1.82) is 0 Å². The maximum Gasteiger partial charge on any atom is 0.295 e. The van der Waals surface area contributed by atoms with Crippen LogP contribution in [-0.2, 0) is 18.9 Å². The van der Waals surface area contributed by atoms with E-state index < -0.39 is 0 Å². The molecule has 0 saturated carbocycles. The van der Waals surface area contributed by atoms with Crippen LogP contribution in [0.2, 0.25) is 0 Å². The van der Waals surface area contributed by atoms with Gasteiger partial charge in [-0.3, -0.25) is 19.3 Å². The standard InChI is InChI=1S/C21H21N7O2S/c1-14-18(20(30)28(27(14)3)15-9-5-4-6-10-15)23-17(29)13-31-21-25-24-19(26(21)2)16-11-7-8-12-22-16/h4-12H,13H2,1-3H3,(H,23,29). The van der Waals surface area contributed by atoms with Crippen molar-refractivity contribution < 1.29 is 4.79 Å². The van der Waals surface area contributed by atoms with E-state index in [9.17, 15) is 9.59 Å². The highest BCUT2D eigenvalue weighted by Crippen LogP contribution is 2.21. The molecule has 1 aromatic carbocycles. The second kappa shape index (κ2) is 8.60. The highest BCUT2D eigenvalue weighted by atomic mass is 32.2. The summed E-state index contributed by atoms with van der Waals surface area (Å²) in [5, 5.41) is 11.7. The smallest absolute Gasteiger partial charge is 0.295 e. The number of nitrogens with zero attached hydrogens (tertiary/aromatic N) is 6. The quantitative estimate of drug-likeness (QED) is 0.467. The van der Waals surface area contributed by atoms with Crippen LogP contribution in [0.25, 0.3) is 17.2 Å². The fourth-order valence-corrected chi connectivity index (χ4v) is 3.89. The maximum absolute atomic E-state index is 12.9. The third kappa shape index (κ3) is 4.02. The van der Waals surface area contributed by atoms with E-state index in [0.717, 1.165) is 5.69 Å². The number of hydrogen-bond acceptors (Lipinski definition) is 6. The Balaban J connectivity index is 1.48. The molecule has 10 heteroatoms. The Morgan fingerprint density at radius 1 is 1.06 bits per heavy atom. The number of benzene rings is 1. The molecule has 4 rings (SSSR count). The average Bonchev–Trinajstić information content (AvgIpc) is 3.25.